The van der Waals surface area contributed by atoms with Crippen LogP contribution in [0.4, 0.5) is 11.4 Å². The molecule has 12 heteroatoms. The maximum atomic E-state index is 13.6. The number of hydrogen-bond acceptors (Lipinski definition) is 8. The quantitative estimate of drug-likeness (QED) is 0.169. The molecule has 4 aromatic carbocycles. The molecule has 0 aliphatic carbocycles. The number of thioether (sulfide) groups is 1. The third-order valence-electron chi connectivity index (χ3n) is 7.11. The van der Waals surface area contributed by atoms with Crippen LogP contribution >= 0.6 is 23.4 Å². The van der Waals surface area contributed by atoms with Crippen LogP contribution in [0, 0.1) is 0 Å². The molecule has 0 spiro atoms. The van der Waals surface area contributed by atoms with Gasteiger partial charge in [-0.15, -0.1) is 11.8 Å². The van der Waals surface area contributed by atoms with E-state index in [2.05, 4.69) is 10.6 Å². The van der Waals surface area contributed by atoms with E-state index in [-0.39, 0.29) is 35.7 Å². The number of imide groups is 1. The molecule has 1 saturated heterocycles. The van der Waals surface area contributed by atoms with Crippen LogP contribution in [0.25, 0.3) is 6.08 Å². The fraction of sp³-hybridized carbons (Fsp3) is 0.118. The van der Waals surface area contributed by atoms with Crippen molar-refractivity contribution in [3.05, 3.63) is 113 Å². The van der Waals surface area contributed by atoms with Gasteiger partial charge in [-0.2, -0.15) is 0 Å². The molecule has 0 bridgehead atoms. The lowest BCUT2D eigenvalue weighted by molar-refractivity contribution is -0.121. The molecule has 46 heavy (non-hydrogen) atoms. The molecule has 6 rings (SSSR count). The molecule has 0 saturated carbocycles. The Kier molecular flexibility index (Phi) is 8.95. The molecule has 10 nitrogen and oxygen atoms in total. The number of ether oxygens (including phenoxy) is 3. The second-order valence-corrected chi connectivity index (χ2v) is 11.9. The van der Waals surface area contributed by atoms with Crippen LogP contribution in [0.1, 0.15) is 22.3 Å². The van der Waals surface area contributed by atoms with Gasteiger partial charge in [-0.05, 0) is 72.3 Å². The monoisotopic (exact) mass is 655 g/mol. The Morgan fingerprint density at radius 1 is 0.957 bits per heavy atom. The molecule has 0 unspecified atom stereocenters. The highest BCUT2D eigenvalue weighted by Crippen LogP contribution is 2.37. The van der Waals surface area contributed by atoms with Gasteiger partial charge in [-0.1, -0.05) is 41.9 Å². The standard InChI is InChI=1S/C34H26ClN3O7S/c1-43-27-13-11-23(17-25(27)35)38-31(39)18-30(34(38)42)46-24-9-5-8-22(16-24)36-33(41)26(37-32(40)21-6-3-2-4-7-21)14-20-10-12-28-29(15-20)45-19-44-28/h2-17,30H,18-19H2,1H3,(H,36,41)(H,37,40)/b26-14-/t30-/m1/s1. The smallest absolute Gasteiger partial charge is 0.272 e. The van der Waals surface area contributed by atoms with E-state index in [4.69, 9.17) is 25.8 Å². The number of nitrogens with one attached hydrogen (secondary N) is 2. The molecular formula is C34H26ClN3O7S. The third-order valence-corrected chi connectivity index (χ3v) is 8.58. The van der Waals surface area contributed by atoms with Gasteiger partial charge in [0.25, 0.3) is 11.8 Å². The molecule has 232 valence electrons. The van der Waals surface area contributed by atoms with E-state index in [0.29, 0.717) is 44.6 Å². The van der Waals surface area contributed by atoms with Gasteiger partial charge in [-0.3, -0.25) is 19.2 Å². The van der Waals surface area contributed by atoms with E-state index in [9.17, 15) is 19.2 Å². The predicted molar refractivity (Wildman–Crippen MR) is 174 cm³/mol. The van der Waals surface area contributed by atoms with Crippen LogP contribution in [-0.2, 0) is 14.4 Å². The Bertz CT molecular complexity index is 1880. The highest BCUT2D eigenvalue weighted by Gasteiger charge is 2.40. The van der Waals surface area contributed by atoms with Crippen LogP contribution in [0.3, 0.4) is 0 Å². The second kappa shape index (κ2) is 13.4. The lowest BCUT2D eigenvalue weighted by atomic mass is 10.1. The summed E-state index contributed by atoms with van der Waals surface area (Å²) >= 11 is 7.44. The Balaban J connectivity index is 1.19. The van der Waals surface area contributed by atoms with E-state index in [1.807, 2.05) is 0 Å². The fourth-order valence-corrected chi connectivity index (χ4v) is 6.25. The first-order valence-corrected chi connectivity index (χ1v) is 15.3. The molecule has 0 aromatic heterocycles. The zero-order valence-corrected chi connectivity index (χ0v) is 25.9. The number of amides is 4. The highest BCUT2D eigenvalue weighted by molar-refractivity contribution is 8.00. The molecule has 1 atom stereocenters. The van der Waals surface area contributed by atoms with Crippen molar-refractivity contribution in [2.45, 2.75) is 16.6 Å². The van der Waals surface area contributed by atoms with E-state index in [1.165, 1.54) is 24.9 Å². The van der Waals surface area contributed by atoms with E-state index < -0.39 is 17.1 Å². The van der Waals surface area contributed by atoms with Crippen molar-refractivity contribution in [2.75, 3.05) is 24.1 Å². The minimum atomic E-state index is -0.675. The number of fused-ring (bicyclic) bond motifs is 1. The normalized spacial score (nSPS) is 15.6. The summed E-state index contributed by atoms with van der Waals surface area (Å²) in [6.45, 7) is 0.101. The van der Waals surface area contributed by atoms with Crippen LogP contribution in [0.2, 0.25) is 5.02 Å². The van der Waals surface area contributed by atoms with Gasteiger partial charge < -0.3 is 24.8 Å². The number of rotatable bonds is 9. The number of carbonyl (C=O) groups is 4. The maximum absolute atomic E-state index is 13.6. The second-order valence-electron chi connectivity index (χ2n) is 10.2. The first kappa shape index (κ1) is 30.8. The molecule has 2 aliphatic heterocycles. The van der Waals surface area contributed by atoms with Crippen molar-refractivity contribution in [3.8, 4) is 17.2 Å². The van der Waals surface area contributed by atoms with Gasteiger partial charge in [0.05, 0.1) is 23.1 Å². The Morgan fingerprint density at radius 3 is 2.54 bits per heavy atom. The summed E-state index contributed by atoms with van der Waals surface area (Å²) in [5.41, 5.74) is 1.78. The molecule has 2 N–H and O–H groups in total. The zero-order valence-electron chi connectivity index (χ0n) is 24.3. The summed E-state index contributed by atoms with van der Waals surface area (Å²) < 4.78 is 16.0. The summed E-state index contributed by atoms with van der Waals surface area (Å²) in [5.74, 6) is -0.199. The highest BCUT2D eigenvalue weighted by atomic mass is 35.5. The van der Waals surface area contributed by atoms with Crippen LogP contribution in [0.15, 0.2) is 102 Å². The van der Waals surface area contributed by atoms with Crippen molar-refractivity contribution in [1.29, 1.82) is 0 Å². The van der Waals surface area contributed by atoms with Crippen molar-refractivity contribution >= 4 is 64.4 Å². The summed E-state index contributed by atoms with van der Waals surface area (Å²) in [4.78, 5) is 54.5. The lowest BCUT2D eigenvalue weighted by Gasteiger charge is -2.16. The van der Waals surface area contributed by atoms with Crippen molar-refractivity contribution in [1.82, 2.24) is 5.32 Å². The fourth-order valence-electron chi connectivity index (χ4n) is 4.88. The van der Waals surface area contributed by atoms with Crippen molar-refractivity contribution in [2.24, 2.45) is 0 Å². The molecule has 1 fully saturated rings. The van der Waals surface area contributed by atoms with E-state index >= 15 is 0 Å². The largest absolute Gasteiger partial charge is 0.495 e. The van der Waals surface area contributed by atoms with Crippen LogP contribution in [-0.4, -0.2) is 42.8 Å². The molecule has 0 radical (unpaired) electrons. The summed E-state index contributed by atoms with van der Waals surface area (Å²) in [5, 5.41) is 5.15. The molecule has 2 aliphatic rings. The van der Waals surface area contributed by atoms with Crippen molar-refractivity contribution in [3.63, 3.8) is 0 Å². The van der Waals surface area contributed by atoms with Gasteiger partial charge in [0, 0.05) is 22.6 Å². The number of hydrogen-bond donors (Lipinski definition) is 2. The lowest BCUT2D eigenvalue weighted by Crippen LogP contribution is -2.31. The minimum Gasteiger partial charge on any atom is -0.495 e. The number of halogens is 1. The SMILES string of the molecule is COc1ccc(N2C(=O)C[C@@H](Sc3cccc(NC(=O)/C(=C/c4ccc5c(c4)OCO5)NC(=O)c4ccccc4)c3)C2=O)cc1Cl. The molecule has 2 heterocycles. The van der Waals surface area contributed by atoms with Gasteiger partial charge in [0.15, 0.2) is 11.5 Å². The van der Waals surface area contributed by atoms with Gasteiger partial charge >= 0.3 is 0 Å². The summed E-state index contributed by atoms with van der Waals surface area (Å²) in [6, 6.07) is 25.3. The maximum Gasteiger partial charge on any atom is 0.272 e. The Hall–Kier alpha value is -5.26. The zero-order chi connectivity index (χ0) is 32.2. The van der Waals surface area contributed by atoms with Gasteiger partial charge in [0.1, 0.15) is 11.4 Å². The number of carbonyl (C=O) groups excluding carboxylic acids is 4. The Labute approximate surface area is 273 Å². The number of nitrogens with zero attached hydrogens (tertiary/aromatic N) is 1. The first-order chi connectivity index (χ1) is 22.3. The number of methoxy groups -OCH3 is 1. The predicted octanol–water partition coefficient (Wildman–Crippen LogP) is 5.91. The molecule has 4 aromatic rings. The average molecular weight is 656 g/mol. The number of anilines is 2. The van der Waals surface area contributed by atoms with Crippen LogP contribution in [0.5, 0.6) is 17.2 Å². The first-order valence-electron chi connectivity index (χ1n) is 14.1. The van der Waals surface area contributed by atoms with Gasteiger partial charge in [-0.25, -0.2) is 4.90 Å². The van der Waals surface area contributed by atoms with E-state index in [1.54, 1.807) is 91.0 Å². The molecule has 4 amide bonds. The topological polar surface area (TPSA) is 123 Å². The summed E-state index contributed by atoms with van der Waals surface area (Å²) in [6.07, 6.45) is 1.54. The summed E-state index contributed by atoms with van der Waals surface area (Å²) in [7, 11) is 1.48. The van der Waals surface area contributed by atoms with Crippen LogP contribution < -0.4 is 29.7 Å². The average Bonchev–Trinajstić information content (AvgIpc) is 3.63. The Morgan fingerprint density at radius 2 is 1.76 bits per heavy atom. The molecular weight excluding hydrogens is 630 g/mol. The van der Waals surface area contributed by atoms with Crippen molar-refractivity contribution < 1.29 is 33.4 Å². The third kappa shape index (κ3) is 6.70. The van der Waals surface area contributed by atoms with E-state index in [0.717, 1.165) is 4.90 Å². The number of benzene rings is 4. The minimum absolute atomic E-state index is 0.00231. The van der Waals surface area contributed by atoms with Gasteiger partial charge in [0.2, 0.25) is 18.6 Å².